The number of furan rings is 1. The minimum absolute atomic E-state index is 0.256. The van der Waals surface area contributed by atoms with E-state index in [0.717, 1.165) is 4.90 Å². The van der Waals surface area contributed by atoms with Crippen molar-refractivity contribution in [2.75, 3.05) is 11.5 Å². The van der Waals surface area contributed by atoms with E-state index in [1.54, 1.807) is 42.7 Å². The minimum Gasteiger partial charge on any atom is -0.493 e. The summed E-state index contributed by atoms with van der Waals surface area (Å²) in [6, 6.07) is 16.0. The molecule has 2 aromatic carbocycles. The number of anilines is 1. The van der Waals surface area contributed by atoms with Crippen molar-refractivity contribution in [1.82, 2.24) is 0 Å². The summed E-state index contributed by atoms with van der Waals surface area (Å²) in [6.07, 6.45) is 1.56. The van der Waals surface area contributed by atoms with Gasteiger partial charge in [0.1, 0.15) is 17.3 Å². The van der Waals surface area contributed by atoms with Gasteiger partial charge in [0.05, 0.1) is 34.8 Å². The number of benzene rings is 2. The molecule has 1 aliphatic rings. The second-order valence-corrected chi connectivity index (χ2v) is 8.71. The molecular formula is C25H22FNO4S. The van der Waals surface area contributed by atoms with Crippen LogP contribution in [0.4, 0.5) is 10.1 Å². The number of halogens is 1. The smallest absolute Gasteiger partial charge is 0.272 e. The lowest BCUT2D eigenvalue weighted by atomic mass is 10.1. The molecule has 0 N–H and O–H groups in total. The Bertz CT molecular complexity index is 1140. The molecule has 0 saturated heterocycles. The molecule has 0 bridgehead atoms. The molecule has 3 aromatic rings. The van der Waals surface area contributed by atoms with Gasteiger partial charge in [0, 0.05) is 0 Å². The highest BCUT2D eigenvalue weighted by Crippen LogP contribution is 2.40. The lowest BCUT2D eigenvalue weighted by Gasteiger charge is -2.16. The van der Waals surface area contributed by atoms with Crippen molar-refractivity contribution in [2.24, 2.45) is 5.92 Å². The Hall–Kier alpha value is -3.32. The summed E-state index contributed by atoms with van der Waals surface area (Å²) in [5.41, 5.74) is 1.20. The number of hydrogen-bond acceptors (Lipinski definition) is 5. The van der Waals surface area contributed by atoms with E-state index in [1.165, 1.54) is 36.0 Å². The molecule has 2 heterocycles. The second-order valence-electron chi connectivity index (χ2n) is 7.72. The molecule has 0 spiro atoms. The number of ether oxygens (including phenoxy) is 1. The Kier molecular flexibility index (Phi) is 6.46. The molecule has 1 aliphatic heterocycles. The molecule has 0 aliphatic carbocycles. The average molecular weight is 452 g/mol. The minimum atomic E-state index is -0.445. The van der Waals surface area contributed by atoms with Crippen LogP contribution in [0.25, 0.3) is 5.57 Å². The van der Waals surface area contributed by atoms with E-state index in [-0.39, 0.29) is 5.57 Å². The van der Waals surface area contributed by atoms with E-state index in [9.17, 15) is 14.0 Å². The number of carbonyl (C=O) groups is 2. The summed E-state index contributed by atoms with van der Waals surface area (Å²) in [6.45, 7) is 4.69. The average Bonchev–Trinajstić information content (AvgIpc) is 3.38. The molecule has 4 rings (SSSR count). The quantitative estimate of drug-likeness (QED) is 0.413. The normalized spacial score (nSPS) is 14.1. The van der Waals surface area contributed by atoms with Gasteiger partial charge in [-0.15, -0.1) is 11.8 Å². The first-order valence-corrected chi connectivity index (χ1v) is 11.2. The summed E-state index contributed by atoms with van der Waals surface area (Å²) in [5.74, 6) is 0.854. The van der Waals surface area contributed by atoms with Crippen LogP contribution >= 0.6 is 11.8 Å². The molecule has 0 saturated carbocycles. The van der Waals surface area contributed by atoms with Gasteiger partial charge in [-0.2, -0.15) is 0 Å². The van der Waals surface area contributed by atoms with Crippen LogP contribution in [0.15, 0.2) is 76.2 Å². The molecule has 0 radical (unpaired) electrons. The topological polar surface area (TPSA) is 59.8 Å². The monoisotopic (exact) mass is 451 g/mol. The number of imide groups is 1. The van der Waals surface area contributed by atoms with Gasteiger partial charge in [-0.3, -0.25) is 9.59 Å². The van der Waals surface area contributed by atoms with Gasteiger partial charge in [-0.05, 0) is 60.0 Å². The fourth-order valence-corrected chi connectivity index (χ4v) is 4.26. The Morgan fingerprint density at radius 2 is 1.72 bits per heavy atom. The lowest BCUT2D eigenvalue weighted by molar-refractivity contribution is -0.119. The fraction of sp³-hybridized carbons (Fsp3) is 0.200. The van der Waals surface area contributed by atoms with Gasteiger partial charge >= 0.3 is 0 Å². The molecule has 7 heteroatoms. The van der Waals surface area contributed by atoms with E-state index in [4.69, 9.17) is 9.15 Å². The first-order chi connectivity index (χ1) is 15.4. The van der Waals surface area contributed by atoms with E-state index < -0.39 is 17.6 Å². The largest absolute Gasteiger partial charge is 0.493 e. The number of nitrogens with zero attached hydrogens (tertiary/aromatic N) is 1. The first-order valence-electron chi connectivity index (χ1n) is 10.2. The van der Waals surface area contributed by atoms with E-state index in [0.29, 0.717) is 45.9 Å². The van der Waals surface area contributed by atoms with Crippen LogP contribution in [0.5, 0.6) is 5.75 Å². The highest BCUT2D eigenvalue weighted by Gasteiger charge is 2.40. The first kappa shape index (κ1) is 21.9. The van der Waals surface area contributed by atoms with Gasteiger partial charge in [-0.25, -0.2) is 9.29 Å². The Morgan fingerprint density at radius 3 is 2.34 bits per heavy atom. The molecule has 1 aromatic heterocycles. The van der Waals surface area contributed by atoms with Crippen LogP contribution in [-0.2, 0) is 15.3 Å². The van der Waals surface area contributed by atoms with Crippen LogP contribution in [-0.4, -0.2) is 18.4 Å². The predicted molar refractivity (Wildman–Crippen MR) is 123 cm³/mol. The molecule has 32 heavy (non-hydrogen) atoms. The third-order valence-corrected chi connectivity index (χ3v) is 5.89. The van der Waals surface area contributed by atoms with Crippen LogP contribution in [0.3, 0.4) is 0 Å². The maximum atomic E-state index is 13.5. The van der Waals surface area contributed by atoms with Crippen molar-refractivity contribution >= 4 is 34.8 Å². The number of rotatable bonds is 8. The zero-order chi connectivity index (χ0) is 22.7. The van der Waals surface area contributed by atoms with Crippen molar-refractivity contribution in [3.05, 3.63) is 89.0 Å². The third kappa shape index (κ3) is 4.62. The summed E-state index contributed by atoms with van der Waals surface area (Å²) >= 11 is 1.23. The SMILES string of the molecule is CC(C)COc1ccc(N2C(=O)C(SCc3ccco3)=C(c3ccc(F)cc3)C2=O)cc1. The Morgan fingerprint density at radius 1 is 1.00 bits per heavy atom. The van der Waals surface area contributed by atoms with Gasteiger partial charge in [0.25, 0.3) is 11.8 Å². The summed E-state index contributed by atoms with van der Waals surface area (Å²) in [7, 11) is 0. The summed E-state index contributed by atoms with van der Waals surface area (Å²) in [4.78, 5) is 28.1. The van der Waals surface area contributed by atoms with Crippen LogP contribution < -0.4 is 9.64 Å². The van der Waals surface area contributed by atoms with Gasteiger partial charge < -0.3 is 9.15 Å². The molecule has 2 amide bonds. The fourth-order valence-electron chi connectivity index (χ4n) is 3.24. The van der Waals surface area contributed by atoms with E-state index >= 15 is 0 Å². The summed E-state index contributed by atoms with van der Waals surface area (Å²) in [5, 5.41) is 0. The number of amides is 2. The molecular weight excluding hydrogens is 429 g/mol. The predicted octanol–water partition coefficient (Wildman–Crippen LogP) is 5.67. The molecule has 0 unspecified atom stereocenters. The third-order valence-electron chi connectivity index (χ3n) is 4.79. The van der Waals surface area contributed by atoms with Crippen molar-refractivity contribution in [1.29, 1.82) is 0 Å². The van der Waals surface area contributed by atoms with Crippen LogP contribution in [0.1, 0.15) is 25.2 Å². The maximum Gasteiger partial charge on any atom is 0.272 e. The lowest BCUT2D eigenvalue weighted by Crippen LogP contribution is -2.31. The molecule has 0 atom stereocenters. The summed E-state index contributed by atoms with van der Waals surface area (Å²) < 4.78 is 24.5. The highest BCUT2D eigenvalue weighted by atomic mass is 32.2. The van der Waals surface area contributed by atoms with Crippen molar-refractivity contribution in [2.45, 2.75) is 19.6 Å². The van der Waals surface area contributed by atoms with E-state index in [2.05, 4.69) is 13.8 Å². The van der Waals surface area contributed by atoms with E-state index in [1.807, 2.05) is 0 Å². The number of carbonyl (C=O) groups excluding carboxylic acids is 2. The van der Waals surface area contributed by atoms with Crippen molar-refractivity contribution < 1.29 is 23.1 Å². The molecule has 164 valence electrons. The highest BCUT2D eigenvalue weighted by molar-refractivity contribution is 8.03. The Balaban J connectivity index is 1.64. The van der Waals surface area contributed by atoms with Crippen molar-refractivity contribution in [3.8, 4) is 5.75 Å². The van der Waals surface area contributed by atoms with Gasteiger partial charge in [-0.1, -0.05) is 26.0 Å². The standard InChI is InChI=1S/C25H22FNO4S/c1-16(2)14-31-20-11-9-19(10-12-20)27-24(28)22(17-5-7-18(26)8-6-17)23(25(27)29)32-15-21-4-3-13-30-21/h3-13,16H,14-15H2,1-2H3. The van der Waals surface area contributed by atoms with Crippen LogP contribution in [0.2, 0.25) is 0 Å². The maximum absolute atomic E-state index is 13.5. The number of thioether (sulfide) groups is 1. The number of hydrogen-bond donors (Lipinski definition) is 0. The zero-order valence-corrected chi connectivity index (χ0v) is 18.5. The molecule has 0 fully saturated rings. The van der Waals surface area contributed by atoms with Gasteiger partial charge in [0.15, 0.2) is 0 Å². The van der Waals surface area contributed by atoms with Crippen molar-refractivity contribution in [3.63, 3.8) is 0 Å². The van der Waals surface area contributed by atoms with Crippen LogP contribution in [0, 0.1) is 11.7 Å². The zero-order valence-electron chi connectivity index (χ0n) is 17.7. The van der Waals surface area contributed by atoms with Gasteiger partial charge in [0.2, 0.25) is 0 Å². The molecule has 5 nitrogen and oxygen atoms in total. The second kappa shape index (κ2) is 9.44. The Labute approximate surface area is 189 Å².